The molecule has 2 amide bonds. The average Bonchev–Trinajstić information content (AvgIpc) is 3.19. The van der Waals surface area contributed by atoms with Gasteiger partial charge >= 0.3 is 0 Å². The number of hydrogen-bond donors (Lipinski definition) is 2. The van der Waals surface area contributed by atoms with Gasteiger partial charge in [0.25, 0.3) is 11.8 Å². The van der Waals surface area contributed by atoms with Crippen LogP contribution < -0.4 is 20.2 Å². The number of ether oxygens (including phenoxy) is 2. The Kier molecular flexibility index (Phi) is 6.87. The molecule has 0 unspecified atom stereocenters. The summed E-state index contributed by atoms with van der Waals surface area (Å²) in [6, 6.07) is 4.81. The molecule has 0 fully saturated rings. The van der Waals surface area contributed by atoms with Gasteiger partial charge < -0.3 is 14.8 Å². The summed E-state index contributed by atoms with van der Waals surface area (Å²) in [5.41, 5.74) is 6.15. The highest BCUT2D eigenvalue weighted by Crippen LogP contribution is 2.30. The van der Waals surface area contributed by atoms with Crippen molar-refractivity contribution in [2.75, 3.05) is 20.8 Å². The molecule has 0 radical (unpaired) electrons. The Morgan fingerprint density at radius 2 is 1.90 bits per heavy atom. The first kappa shape index (κ1) is 20.9. The van der Waals surface area contributed by atoms with E-state index in [0.717, 1.165) is 24.1 Å². The molecule has 0 atom stereocenters. The van der Waals surface area contributed by atoms with Crippen LogP contribution in [0.15, 0.2) is 28.7 Å². The van der Waals surface area contributed by atoms with Gasteiger partial charge in [-0.3, -0.25) is 9.59 Å². The highest BCUT2D eigenvalue weighted by atomic mass is 32.1. The number of aryl methyl sites for hydroxylation is 1. The van der Waals surface area contributed by atoms with Crippen LogP contribution in [0.4, 0.5) is 0 Å². The maximum Gasteiger partial charge on any atom is 0.259 e. The monoisotopic (exact) mass is 415 g/mol. The van der Waals surface area contributed by atoms with E-state index >= 15 is 0 Å². The van der Waals surface area contributed by atoms with E-state index in [4.69, 9.17) is 9.47 Å². The van der Waals surface area contributed by atoms with E-state index in [1.165, 1.54) is 37.5 Å². The standard InChI is InChI=1S/C21H25N3O4S/c1-13(16-12-29-19-7-5-4-6-15(16)19)23-24-20(25)11-22-21(26)14-8-9-17(27-2)18(10-14)28-3/h8-10,12H,4-7,11H2,1-3H3,(H,22,26)(H,24,25)/b23-13+. The third-order valence-corrected chi connectivity index (χ3v) is 5.94. The van der Waals surface area contributed by atoms with E-state index in [1.54, 1.807) is 29.5 Å². The molecule has 1 aromatic heterocycles. The quantitative estimate of drug-likeness (QED) is 0.538. The number of benzene rings is 1. The molecule has 1 aliphatic carbocycles. The molecule has 0 spiro atoms. The molecule has 1 heterocycles. The number of methoxy groups -OCH3 is 2. The Labute approximate surface area is 174 Å². The van der Waals surface area contributed by atoms with Crippen LogP contribution >= 0.6 is 11.3 Å². The van der Waals surface area contributed by atoms with Crippen LogP contribution in [0.3, 0.4) is 0 Å². The Hall–Kier alpha value is -2.87. The number of amides is 2. The highest BCUT2D eigenvalue weighted by molar-refractivity contribution is 7.10. The molecule has 0 saturated carbocycles. The van der Waals surface area contributed by atoms with Crippen LogP contribution in [0.1, 0.15) is 46.1 Å². The molecule has 3 rings (SSSR count). The minimum Gasteiger partial charge on any atom is -0.493 e. The van der Waals surface area contributed by atoms with Crippen molar-refractivity contribution in [3.63, 3.8) is 0 Å². The summed E-state index contributed by atoms with van der Waals surface area (Å²) >= 11 is 1.76. The van der Waals surface area contributed by atoms with Crippen LogP contribution in [0.2, 0.25) is 0 Å². The topological polar surface area (TPSA) is 89.0 Å². The van der Waals surface area contributed by atoms with Crippen molar-refractivity contribution in [1.29, 1.82) is 0 Å². The van der Waals surface area contributed by atoms with Crippen molar-refractivity contribution in [3.8, 4) is 11.5 Å². The largest absolute Gasteiger partial charge is 0.493 e. The lowest BCUT2D eigenvalue weighted by molar-refractivity contribution is -0.120. The second-order valence-corrected chi connectivity index (χ2v) is 7.71. The molecule has 2 aromatic rings. The van der Waals surface area contributed by atoms with Gasteiger partial charge in [0, 0.05) is 21.4 Å². The zero-order chi connectivity index (χ0) is 20.8. The lowest BCUT2D eigenvalue weighted by atomic mass is 9.94. The molecule has 154 valence electrons. The minimum absolute atomic E-state index is 0.175. The Morgan fingerprint density at radius 3 is 2.66 bits per heavy atom. The summed E-state index contributed by atoms with van der Waals surface area (Å²) in [5.74, 6) is 0.210. The number of nitrogens with one attached hydrogen (secondary N) is 2. The van der Waals surface area contributed by atoms with Crippen LogP contribution in [-0.4, -0.2) is 38.3 Å². The van der Waals surface area contributed by atoms with Crippen LogP contribution in [-0.2, 0) is 17.6 Å². The van der Waals surface area contributed by atoms with Gasteiger partial charge in [0.15, 0.2) is 11.5 Å². The zero-order valence-corrected chi connectivity index (χ0v) is 17.6. The van der Waals surface area contributed by atoms with Crippen molar-refractivity contribution in [2.45, 2.75) is 32.6 Å². The molecule has 29 heavy (non-hydrogen) atoms. The lowest BCUT2D eigenvalue weighted by Gasteiger charge is -2.12. The molecule has 1 aromatic carbocycles. The SMILES string of the molecule is COc1ccc(C(=O)NCC(=O)N/N=C(\C)c2csc3c2CCCC3)cc1OC. The lowest BCUT2D eigenvalue weighted by Crippen LogP contribution is -2.35. The first-order valence-corrected chi connectivity index (χ1v) is 10.3. The molecule has 2 N–H and O–H groups in total. The molecule has 1 aliphatic rings. The second-order valence-electron chi connectivity index (χ2n) is 6.74. The number of carbonyl (C=O) groups excluding carboxylic acids is 2. The molecule has 0 bridgehead atoms. The van der Waals surface area contributed by atoms with E-state index in [2.05, 4.69) is 21.2 Å². The summed E-state index contributed by atoms with van der Waals surface area (Å²) in [4.78, 5) is 25.8. The first-order valence-electron chi connectivity index (χ1n) is 9.46. The van der Waals surface area contributed by atoms with Gasteiger partial charge in [-0.1, -0.05) is 0 Å². The molecule has 0 aliphatic heterocycles. The second kappa shape index (κ2) is 9.56. The number of thiophene rings is 1. The summed E-state index contributed by atoms with van der Waals surface area (Å²) in [6.45, 7) is 1.71. The fourth-order valence-corrected chi connectivity index (χ4v) is 4.47. The van der Waals surface area contributed by atoms with Gasteiger partial charge in [0.2, 0.25) is 0 Å². The third-order valence-electron chi connectivity index (χ3n) is 4.85. The summed E-state index contributed by atoms with van der Waals surface area (Å²) in [7, 11) is 3.02. The van der Waals surface area contributed by atoms with Crippen LogP contribution in [0.5, 0.6) is 11.5 Å². The number of rotatable bonds is 7. The van der Waals surface area contributed by atoms with Crippen LogP contribution in [0, 0.1) is 0 Å². The maximum atomic E-state index is 12.3. The molecule has 7 nitrogen and oxygen atoms in total. The summed E-state index contributed by atoms with van der Waals surface area (Å²) in [5, 5.41) is 8.90. The van der Waals surface area contributed by atoms with Crippen molar-refractivity contribution in [1.82, 2.24) is 10.7 Å². The van der Waals surface area contributed by atoms with E-state index in [0.29, 0.717) is 17.1 Å². The van der Waals surface area contributed by atoms with Gasteiger partial charge in [-0.05, 0) is 56.4 Å². The summed E-state index contributed by atoms with van der Waals surface area (Å²) in [6.07, 6.45) is 4.62. The summed E-state index contributed by atoms with van der Waals surface area (Å²) < 4.78 is 10.3. The smallest absolute Gasteiger partial charge is 0.259 e. The predicted octanol–water partition coefficient (Wildman–Crippen LogP) is 2.91. The van der Waals surface area contributed by atoms with Gasteiger partial charge in [-0.25, -0.2) is 5.43 Å². The van der Waals surface area contributed by atoms with Gasteiger partial charge in [0.1, 0.15) is 0 Å². The van der Waals surface area contributed by atoms with E-state index in [9.17, 15) is 9.59 Å². The Balaban J connectivity index is 1.55. The van der Waals surface area contributed by atoms with E-state index in [1.807, 2.05) is 6.92 Å². The van der Waals surface area contributed by atoms with Gasteiger partial charge in [-0.2, -0.15) is 5.10 Å². The number of hydrazone groups is 1. The maximum absolute atomic E-state index is 12.3. The van der Waals surface area contributed by atoms with Crippen molar-refractivity contribution >= 4 is 28.9 Å². The number of fused-ring (bicyclic) bond motifs is 1. The first-order chi connectivity index (χ1) is 14.0. The average molecular weight is 416 g/mol. The minimum atomic E-state index is -0.387. The molecular formula is C21H25N3O4S. The molecule has 0 saturated heterocycles. The fourth-order valence-electron chi connectivity index (χ4n) is 3.28. The molecule has 8 heteroatoms. The van der Waals surface area contributed by atoms with Crippen LogP contribution in [0.25, 0.3) is 0 Å². The van der Waals surface area contributed by atoms with Gasteiger partial charge in [0.05, 0.1) is 26.5 Å². The predicted molar refractivity (Wildman–Crippen MR) is 113 cm³/mol. The van der Waals surface area contributed by atoms with E-state index < -0.39 is 0 Å². The van der Waals surface area contributed by atoms with E-state index in [-0.39, 0.29) is 18.4 Å². The number of nitrogens with zero attached hydrogens (tertiary/aromatic N) is 1. The molecular weight excluding hydrogens is 390 g/mol. The number of hydrogen-bond acceptors (Lipinski definition) is 6. The van der Waals surface area contributed by atoms with Gasteiger partial charge in [-0.15, -0.1) is 11.3 Å². The third kappa shape index (κ3) is 4.95. The van der Waals surface area contributed by atoms with Crippen molar-refractivity contribution < 1.29 is 19.1 Å². The number of carbonyl (C=O) groups is 2. The zero-order valence-electron chi connectivity index (χ0n) is 16.8. The Bertz CT molecular complexity index is 936. The fraction of sp³-hybridized carbons (Fsp3) is 0.381. The normalized spacial score (nSPS) is 13.4. The Morgan fingerprint density at radius 1 is 1.14 bits per heavy atom. The van der Waals surface area contributed by atoms with Crippen molar-refractivity contribution in [3.05, 3.63) is 45.1 Å². The van der Waals surface area contributed by atoms with Crippen molar-refractivity contribution in [2.24, 2.45) is 5.10 Å². The highest BCUT2D eigenvalue weighted by Gasteiger charge is 2.17.